The van der Waals surface area contributed by atoms with Gasteiger partial charge in [-0.05, 0) is 53.2 Å². The summed E-state index contributed by atoms with van der Waals surface area (Å²) in [4.78, 5) is 27.0. The molecule has 2 unspecified atom stereocenters. The molecular weight excluding hydrogens is 384 g/mol. The number of likely N-dealkylation sites (tertiary alicyclic amines) is 1. The van der Waals surface area contributed by atoms with E-state index in [-0.39, 0.29) is 24.5 Å². The lowest BCUT2D eigenvalue weighted by molar-refractivity contribution is 0.0282. The molecule has 2 atom stereocenters. The van der Waals surface area contributed by atoms with E-state index in [1.54, 1.807) is 11.1 Å². The number of carbonyl (C=O) groups excluding carboxylic acids is 2. The largest absolute Gasteiger partial charge is 0.444 e. The molecule has 0 radical (unpaired) electrons. The second kappa shape index (κ2) is 7.95. The molecule has 2 heterocycles. The fourth-order valence-corrected chi connectivity index (χ4v) is 3.85. The van der Waals surface area contributed by atoms with Crippen molar-refractivity contribution in [3.8, 4) is 0 Å². The lowest BCUT2D eigenvalue weighted by atomic mass is 9.89. The number of aromatic nitrogens is 1. The molecule has 2 aromatic rings. The van der Waals surface area contributed by atoms with E-state index in [2.05, 4.69) is 0 Å². The van der Waals surface area contributed by atoms with Crippen LogP contribution in [0.2, 0.25) is 0 Å². The standard InChI is InChI=1S/C23H32N2O5/c1-22(2,3)29-20(27)24-11-15(14-26)17(12-24)18-13-25(21(28)30-23(4,5)6)19-10-8-7-9-16(18)19/h7-10,13,15,17,26H,11-12,14H2,1-6H3. The van der Waals surface area contributed by atoms with Gasteiger partial charge < -0.3 is 19.5 Å². The van der Waals surface area contributed by atoms with Gasteiger partial charge in [0.25, 0.3) is 0 Å². The van der Waals surface area contributed by atoms with Gasteiger partial charge in [-0.25, -0.2) is 9.59 Å². The zero-order valence-electron chi connectivity index (χ0n) is 18.6. The summed E-state index contributed by atoms with van der Waals surface area (Å²) in [7, 11) is 0. The first-order valence-corrected chi connectivity index (χ1v) is 10.3. The third-order valence-electron chi connectivity index (χ3n) is 5.06. The lowest BCUT2D eigenvalue weighted by Gasteiger charge is -2.24. The topological polar surface area (TPSA) is 81.0 Å². The van der Waals surface area contributed by atoms with Crippen LogP contribution in [0.5, 0.6) is 0 Å². The first-order valence-electron chi connectivity index (χ1n) is 10.3. The lowest BCUT2D eigenvalue weighted by Crippen LogP contribution is -2.35. The van der Waals surface area contributed by atoms with E-state index < -0.39 is 17.3 Å². The number of amides is 1. The van der Waals surface area contributed by atoms with Crippen LogP contribution in [0.1, 0.15) is 53.0 Å². The number of para-hydroxylation sites is 1. The fourth-order valence-electron chi connectivity index (χ4n) is 3.85. The number of aliphatic hydroxyl groups is 1. The van der Waals surface area contributed by atoms with E-state index in [1.165, 1.54) is 4.57 Å². The predicted molar refractivity (Wildman–Crippen MR) is 115 cm³/mol. The number of aliphatic hydroxyl groups excluding tert-OH is 1. The summed E-state index contributed by atoms with van der Waals surface area (Å²) in [5.74, 6) is -0.258. The van der Waals surface area contributed by atoms with Gasteiger partial charge in [0.2, 0.25) is 0 Å². The van der Waals surface area contributed by atoms with Crippen molar-refractivity contribution in [2.75, 3.05) is 19.7 Å². The summed E-state index contributed by atoms with van der Waals surface area (Å²) in [6.45, 7) is 11.7. The molecule has 1 aromatic carbocycles. The van der Waals surface area contributed by atoms with E-state index in [0.29, 0.717) is 13.1 Å². The van der Waals surface area contributed by atoms with Gasteiger partial charge in [-0.3, -0.25) is 4.57 Å². The van der Waals surface area contributed by atoms with Crippen LogP contribution in [0.15, 0.2) is 30.5 Å². The second-order valence-corrected chi connectivity index (χ2v) is 9.89. The molecule has 7 nitrogen and oxygen atoms in total. The Hall–Kier alpha value is -2.54. The predicted octanol–water partition coefficient (Wildman–Crippen LogP) is 4.37. The van der Waals surface area contributed by atoms with Crippen LogP contribution in [0.3, 0.4) is 0 Å². The molecule has 1 aliphatic rings. The summed E-state index contributed by atoms with van der Waals surface area (Å²) >= 11 is 0. The van der Waals surface area contributed by atoms with E-state index in [0.717, 1.165) is 16.5 Å². The van der Waals surface area contributed by atoms with Crippen LogP contribution >= 0.6 is 0 Å². The highest BCUT2D eigenvalue weighted by Crippen LogP contribution is 2.38. The maximum Gasteiger partial charge on any atom is 0.419 e. The first-order chi connectivity index (χ1) is 13.9. The quantitative estimate of drug-likeness (QED) is 0.786. The maximum absolute atomic E-state index is 12.8. The number of rotatable bonds is 2. The van der Waals surface area contributed by atoms with Crippen LogP contribution in [0.25, 0.3) is 10.9 Å². The van der Waals surface area contributed by atoms with Gasteiger partial charge in [-0.15, -0.1) is 0 Å². The third kappa shape index (κ3) is 4.78. The number of hydrogen-bond donors (Lipinski definition) is 1. The number of carbonyl (C=O) groups is 2. The SMILES string of the molecule is CC(C)(C)OC(=O)N1CC(CO)C(c2cn(C(=O)OC(C)(C)C)c3ccccc23)C1. The average Bonchev–Trinajstić information content (AvgIpc) is 3.20. The molecule has 1 fully saturated rings. The van der Waals surface area contributed by atoms with Crippen LogP contribution in [-0.4, -0.2) is 57.7 Å². The molecule has 164 valence electrons. The van der Waals surface area contributed by atoms with Crippen molar-refractivity contribution in [3.63, 3.8) is 0 Å². The van der Waals surface area contributed by atoms with Crippen LogP contribution in [0, 0.1) is 5.92 Å². The first kappa shape index (κ1) is 22.2. The third-order valence-corrected chi connectivity index (χ3v) is 5.06. The molecule has 3 rings (SSSR count). The zero-order valence-corrected chi connectivity index (χ0v) is 18.6. The zero-order chi connectivity index (χ0) is 22.3. The van der Waals surface area contributed by atoms with Crippen molar-refractivity contribution in [2.45, 2.75) is 58.7 Å². The van der Waals surface area contributed by atoms with Gasteiger partial charge in [-0.2, -0.15) is 0 Å². The Morgan fingerprint density at radius 1 is 1.00 bits per heavy atom. The van der Waals surface area contributed by atoms with E-state index >= 15 is 0 Å². The Balaban J connectivity index is 1.95. The van der Waals surface area contributed by atoms with Crippen molar-refractivity contribution in [3.05, 3.63) is 36.0 Å². The van der Waals surface area contributed by atoms with Crippen LogP contribution in [0.4, 0.5) is 9.59 Å². The minimum absolute atomic E-state index is 0.0596. The fraction of sp³-hybridized carbons (Fsp3) is 0.565. The molecule has 0 spiro atoms. The molecule has 0 aliphatic carbocycles. The summed E-state index contributed by atoms with van der Waals surface area (Å²) < 4.78 is 12.6. The molecule has 1 amide bonds. The van der Waals surface area contributed by atoms with Gasteiger partial charge in [0.15, 0.2) is 0 Å². The van der Waals surface area contributed by atoms with E-state index in [4.69, 9.17) is 9.47 Å². The van der Waals surface area contributed by atoms with Crippen LogP contribution < -0.4 is 0 Å². The Labute approximate surface area is 177 Å². The number of hydrogen-bond acceptors (Lipinski definition) is 5. The van der Waals surface area contributed by atoms with Gasteiger partial charge in [-0.1, -0.05) is 18.2 Å². The Bertz CT molecular complexity index is 935. The molecule has 1 aliphatic heterocycles. The second-order valence-electron chi connectivity index (χ2n) is 9.89. The summed E-state index contributed by atoms with van der Waals surface area (Å²) in [5.41, 5.74) is 0.462. The molecule has 1 saturated heterocycles. The molecule has 7 heteroatoms. The summed E-state index contributed by atoms with van der Waals surface area (Å²) in [5, 5.41) is 10.9. The normalized spacial score (nSPS) is 19.9. The molecule has 1 aromatic heterocycles. The monoisotopic (exact) mass is 416 g/mol. The number of nitrogens with zero attached hydrogens (tertiary/aromatic N) is 2. The summed E-state index contributed by atoms with van der Waals surface area (Å²) in [6, 6.07) is 7.62. The smallest absolute Gasteiger partial charge is 0.419 e. The van der Waals surface area contributed by atoms with Crippen molar-refractivity contribution < 1.29 is 24.2 Å². The van der Waals surface area contributed by atoms with Crippen molar-refractivity contribution in [1.29, 1.82) is 0 Å². The van der Waals surface area contributed by atoms with Gasteiger partial charge in [0, 0.05) is 43.1 Å². The summed E-state index contributed by atoms with van der Waals surface area (Å²) in [6.07, 6.45) is 0.941. The Kier molecular flexibility index (Phi) is 5.87. The van der Waals surface area contributed by atoms with E-state index in [1.807, 2.05) is 65.8 Å². The highest BCUT2D eigenvalue weighted by atomic mass is 16.6. The molecule has 0 bridgehead atoms. The molecule has 0 saturated carbocycles. The highest BCUT2D eigenvalue weighted by molar-refractivity contribution is 5.92. The minimum atomic E-state index is -0.614. The molecule has 1 N–H and O–H groups in total. The maximum atomic E-state index is 12.8. The van der Waals surface area contributed by atoms with E-state index in [9.17, 15) is 14.7 Å². The Morgan fingerprint density at radius 2 is 1.60 bits per heavy atom. The van der Waals surface area contributed by atoms with Crippen LogP contribution in [-0.2, 0) is 9.47 Å². The molecule has 30 heavy (non-hydrogen) atoms. The highest BCUT2D eigenvalue weighted by Gasteiger charge is 2.39. The minimum Gasteiger partial charge on any atom is -0.444 e. The van der Waals surface area contributed by atoms with Gasteiger partial charge in [0.1, 0.15) is 11.2 Å². The Morgan fingerprint density at radius 3 is 2.20 bits per heavy atom. The molecular formula is C23H32N2O5. The number of fused-ring (bicyclic) bond motifs is 1. The average molecular weight is 417 g/mol. The number of benzene rings is 1. The van der Waals surface area contributed by atoms with Crippen molar-refractivity contribution in [1.82, 2.24) is 9.47 Å². The van der Waals surface area contributed by atoms with Gasteiger partial charge in [0.05, 0.1) is 5.52 Å². The van der Waals surface area contributed by atoms with Gasteiger partial charge >= 0.3 is 12.2 Å². The number of ether oxygens (including phenoxy) is 2. The van der Waals surface area contributed by atoms with Crippen molar-refractivity contribution in [2.24, 2.45) is 5.92 Å². The van der Waals surface area contributed by atoms with Crippen molar-refractivity contribution >= 4 is 23.1 Å².